The highest BCUT2D eigenvalue weighted by atomic mass is 79.9. The zero-order chi connectivity index (χ0) is 13.0. The fourth-order valence-corrected chi connectivity index (χ4v) is 1.91. The van der Waals surface area contributed by atoms with Crippen molar-refractivity contribution in [3.8, 4) is 0 Å². The smallest absolute Gasteiger partial charge is 0.378 e. The fraction of sp³-hybridized carbons (Fsp3) is 0.273. The quantitative estimate of drug-likeness (QED) is 0.803. The van der Waals surface area contributed by atoms with Crippen LogP contribution in [0.4, 0.5) is 0 Å². The lowest BCUT2D eigenvalue weighted by atomic mass is 10.2. The molecule has 0 aliphatic heterocycles. The molecular formula is C11H11BrN4O2. The average molecular weight is 311 g/mol. The number of nitrogens with zero attached hydrogens (tertiary/aromatic N) is 4. The Balaban J connectivity index is 2.20. The number of esters is 1. The molecule has 0 saturated carbocycles. The second kappa shape index (κ2) is 5.72. The molecule has 2 rings (SSSR count). The van der Waals surface area contributed by atoms with E-state index >= 15 is 0 Å². The number of halogens is 1. The first-order valence-electron chi connectivity index (χ1n) is 5.38. The zero-order valence-electron chi connectivity index (χ0n) is 9.71. The molecule has 7 heteroatoms. The summed E-state index contributed by atoms with van der Waals surface area (Å²) in [5, 5.41) is 10.9. The molecule has 0 aliphatic rings. The summed E-state index contributed by atoms with van der Waals surface area (Å²) >= 11 is 3.39. The van der Waals surface area contributed by atoms with Crippen molar-refractivity contribution in [2.75, 3.05) is 6.61 Å². The molecule has 6 nitrogen and oxygen atoms in total. The van der Waals surface area contributed by atoms with Crippen molar-refractivity contribution in [3.05, 3.63) is 40.1 Å². The number of carbonyl (C=O) groups is 1. The van der Waals surface area contributed by atoms with Crippen LogP contribution < -0.4 is 0 Å². The first-order chi connectivity index (χ1) is 8.70. The van der Waals surface area contributed by atoms with E-state index in [-0.39, 0.29) is 5.82 Å². The molecule has 1 heterocycles. The summed E-state index contributed by atoms with van der Waals surface area (Å²) in [7, 11) is 0. The molecule has 1 aromatic carbocycles. The molecule has 0 fully saturated rings. The van der Waals surface area contributed by atoms with Crippen molar-refractivity contribution in [1.82, 2.24) is 20.2 Å². The van der Waals surface area contributed by atoms with Crippen LogP contribution in [0.1, 0.15) is 23.1 Å². The molecule has 0 aliphatic carbocycles. The van der Waals surface area contributed by atoms with E-state index in [1.165, 1.54) is 4.68 Å². The molecular weight excluding hydrogens is 300 g/mol. The number of hydrogen-bond donors (Lipinski definition) is 0. The van der Waals surface area contributed by atoms with Crippen LogP contribution in [0.15, 0.2) is 28.7 Å². The third kappa shape index (κ3) is 2.92. The van der Waals surface area contributed by atoms with Crippen LogP contribution in [0.2, 0.25) is 0 Å². The first kappa shape index (κ1) is 12.7. The van der Waals surface area contributed by atoms with Gasteiger partial charge in [-0.05, 0) is 35.0 Å². The predicted octanol–water partition coefficient (Wildman–Crippen LogP) is 1.66. The van der Waals surface area contributed by atoms with Crippen LogP contribution in [0.25, 0.3) is 0 Å². The highest BCUT2D eigenvalue weighted by Crippen LogP contribution is 2.12. The van der Waals surface area contributed by atoms with Crippen LogP contribution in [0, 0.1) is 0 Å². The molecule has 0 spiro atoms. The van der Waals surface area contributed by atoms with E-state index in [1.54, 1.807) is 6.92 Å². The van der Waals surface area contributed by atoms with E-state index in [1.807, 2.05) is 24.3 Å². The van der Waals surface area contributed by atoms with E-state index in [4.69, 9.17) is 4.74 Å². The minimum atomic E-state index is -0.516. The van der Waals surface area contributed by atoms with Crippen molar-refractivity contribution in [3.63, 3.8) is 0 Å². The fourth-order valence-electron chi connectivity index (χ4n) is 1.46. The number of carbonyl (C=O) groups excluding carboxylic acids is 1. The standard InChI is InChI=1S/C11H11BrN4O2/c1-2-18-11(17)10-13-14-15-16(10)7-8-4-3-5-9(12)6-8/h3-6H,2,7H2,1H3. The molecule has 0 bridgehead atoms. The lowest BCUT2D eigenvalue weighted by molar-refractivity contribution is 0.0505. The molecule has 0 amide bonds. The normalized spacial score (nSPS) is 10.3. The summed E-state index contributed by atoms with van der Waals surface area (Å²) in [5.41, 5.74) is 0.988. The van der Waals surface area contributed by atoms with Gasteiger partial charge in [-0.1, -0.05) is 28.1 Å². The third-order valence-corrected chi connectivity index (χ3v) is 2.70. The third-order valence-electron chi connectivity index (χ3n) is 2.21. The van der Waals surface area contributed by atoms with Crippen LogP contribution in [-0.4, -0.2) is 32.8 Å². The number of benzene rings is 1. The molecule has 0 saturated heterocycles. The maximum atomic E-state index is 11.6. The summed E-state index contributed by atoms with van der Waals surface area (Å²) in [6.45, 7) is 2.45. The molecule has 0 unspecified atom stereocenters. The Bertz CT molecular complexity index is 555. The van der Waals surface area contributed by atoms with Gasteiger partial charge in [-0.3, -0.25) is 0 Å². The van der Waals surface area contributed by atoms with Gasteiger partial charge in [0, 0.05) is 4.47 Å². The summed E-state index contributed by atoms with van der Waals surface area (Å²) in [6, 6.07) is 7.71. The van der Waals surface area contributed by atoms with Crippen LogP contribution in [0.5, 0.6) is 0 Å². The summed E-state index contributed by atoms with van der Waals surface area (Å²) < 4.78 is 7.26. The Morgan fingerprint density at radius 3 is 3.06 bits per heavy atom. The molecule has 0 N–H and O–H groups in total. The van der Waals surface area contributed by atoms with Gasteiger partial charge in [-0.2, -0.15) is 0 Å². The minimum absolute atomic E-state index is 0.108. The monoisotopic (exact) mass is 310 g/mol. The van der Waals surface area contributed by atoms with Crippen LogP contribution in [0.3, 0.4) is 0 Å². The minimum Gasteiger partial charge on any atom is -0.460 e. The SMILES string of the molecule is CCOC(=O)c1nnnn1Cc1cccc(Br)c1. The molecule has 1 aromatic heterocycles. The van der Waals surface area contributed by atoms with E-state index in [0.717, 1.165) is 10.0 Å². The van der Waals surface area contributed by atoms with Gasteiger partial charge in [-0.25, -0.2) is 9.48 Å². The van der Waals surface area contributed by atoms with Gasteiger partial charge in [0.15, 0.2) is 0 Å². The summed E-state index contributed by atoms with van der Waals surface area (Å²) in [4.78, 5) is 11.6. The lowest BCUT2D eigenvalue weighted by Crippen LogP contribution is -2.15. The van der Waals surface area contributed by atoms with Gasteiger partial charge in [0.1, 0.15) is 0 Å². The van der Waals surface area contributed by atoms with Crippen LogP contribution in [-0.2, 0) is 11.3 Å². The molecule has 94 valence electrons. The zero-order valence-corrected chi connectivity index (χ0v) is 11.3. The summed E-state index contributed by atoms with van der Waals surface area (Å²) in [6.07, 6.45) is 0. The Hall–Kier alpha value is -1.76. The van der Waals surface area contributed by atoms with Gasteiger partial charge in [-0.15, -0.1) is 5.10 Å². The Morgan fingerprint density at radius 1 is 1.50 bits per heavy atom. The Labute approximate surface area is 112 Å². The second-order valence-corrected chi connectivity index (χ2v) is 4.43. The van der Waals surface area contributed by atoms with Crippen molar-refractivity contribution in [2.45, 2.75) is 13.5 Å². The topological polar surface area (TPSA) is 69.9 Å². The molecule has 0 radical (unpaired) electrons. The van der Waals surface area contributed by atoms with Gasteiger partial charge in [0.05, 0.1) is 13.2 Å². The van der Waals surface area contributed by atoms with Gasteiger partial charge >= 0.3 is 5.97 Å². The predicted molar refractivity (Wildman–Crippen MR) is 67.0 cm³/mol. The van der Waals surface area contributed by atoms with Crippen LogP contribution >= 0.6 is 15.9 Å². The van der Waals surface area contributed by atoms with Crippen molar-refractivity contribution in [1.29, 1.82) is 0 Å². The van der Waals surface area contributed by atoms with Gasteiger partial charge in [0.2, 0.25) is 0 Å². The van der Waals surface area contributed by atoms with Gasteiger partial charge in [0.25, 0.3) is 5.82 Å². The Morgan fingerprint density at radius 2 is 2.33 bits per heavy atom. The summed E-state index contributed by atoms with van der Waals surface area (Å²) in [5.74, 6) is -0.408. The van der Waals surface area contributed by atoms with E-state index in [0.29, 0.717) is 13.2 Å². The molecule has 2 aromatic rings. The number of hydrogen-bond acceptors (Lipinski definition) is 5. The van der Waals surface area contributed by atoms with Crippen molar-refractivity contribution >= 4 is 21.9 Å². The first-order valence-corrected chi connectivity index (χ1v) is 6.17. The highest BCUT2D eigenvalue weighted by molar-refractivity contribution is 9.10. The second-order valence-electron chi connectivity index (χ2n) is 3.51. The number of aromatic nitrogens is 4. The van der Waals surface area contributed by atoms with Crippen molar-refractivity contribution in [2.24, 2.45) is 0 Å². The van der Waals surface area contributed by atoms with E-state index in [2.05, 4.69) is 31.5 Å². The average Bonchev–Trinajstić information content (AvgIpc) is 2.77. The number of rotatable bonds is 4. The largest absolute Gasteiger partial charge is 0.460 e. The van der Waals surface area contributed by atoms with Gasteiger partial charge < -0.3 is 4.74 Å². The van der Waals surface area contributed by atoms with E-state index in [9.17, 15) is 4.79 Å². The van der Waals surface area contributed by atoms with E-state index < -0.39 is 5.97 Å². The Kier molecular flexibility index (Phi) is 4.03. The molecule has 18 heavy (non-hydrogen) atoms. The maximum Gasteiger partial charge on any atom is 0.378 e. The van der Waals surface area contributed by atoms with Crippen molar-refractivity contribution < 1.29 is 9.53 Å². The molecule has 0 atom stereocenters. The maximum absolute atomic E-state index is 11.6. The highest BCUT2D eigenvalue weighted by Gasteiger charge is 2.16. The number of tetrazole rings is 1. The number of ether oxygens (including phenoxy) is 1. The lowest BCUT2D eigenvalue weighted by Gasteiger charge is -2.04.